The average molecular weight is 300 g/mol. The molecular formula is C16H16N2O4. The van der Waals surface area contributed by atoms with Gasteiger partial charge in [0.05, 0.1) is 11.8 Å². The van der Waals surface area contributed by atoms with Crippen LogP contribution in [0.3, 0.4) is 0 Å². The number of hydrogen-bond acceptors (Lipinski definition) is 4. The molecule has 4 amide bonds. The van der Waals surface area contributed by atoms with E-state index < -0.39 is 0 Å². The molecule has 2 aliphatic heterocycles. The lowest BCUT2D eigenvalue weighted by Gasteiger charge is -2.09. The van der Waals surface area contributed by atoms with E-state index in [0.29, 0.717) is 12.8 Å². The number of hydrogen-bond donors (Lipinski definition) is 2. The van der Waals surface area contributed by atoms with Crippen molar-refractivity contribution in [2.45, 2.75) is 25.7 Å². The lowest BCUT2D eigenvalue weighted by atomic mass is 9.94. The maximum atomic E-state index is 11.5. The molecule has 114 valence electrons. The number of imide groups is 2. The molecule has 0 saturated carbocycles. The lowest BCUT2D eigenvalue weighted by Crippen LogP contribution is -2.23. The third-order valence-corrected chi connectivity index (χ3v) is 4.12. The van der Waals surface area contributed by atoms with Crippen LogP contribution in [0.15, 0.2) is 24.3 Å². The van der Waals surface area contributed by atoms with Crippen LogP contribution >= 0.6 is 0 Å². The SMILES string of the molecule is O=C1CC(Cc2ccc(CC3CC(=O)NC3=O)cc2)C(=O)N1. The van der Waals surface area contributed by atoms with Gasteiger partial charge in [0, 0.05) is 12.8 Å². The number of carbonyl (C=O) groups excluding carboxylic acids is 4. The molecule has 2 fully saturated rings. The maximum Gasteiger partial charge on any atom is 0.230 e. The quantitative estimate of drug-likeness (QED) is 0.771. The van der Waals surface area contributed by atoms with Crippen molar-refractivity contribution in [2.24, 2.45) is 11.8 Å². The van der Waals surface area contributed by atoms with Crippen LogP contribution in [-0.2, 0) is 32.0 Å². The average Bonchev–Trinajstić information content (AvgIpc) is 2.94. The van der Waals surface area contributed by atoms with E-state index in [0.717, 1.165) is 11.1 Å². The smallest absolute Gasteiger partial charge is 0.230 e. The first-order chi connectivity index (χ1) is 10.5. The van der Waals surface area contributed by atoms with Crippen LogP contribution in [0.5, 0.6) is 0 Å². The first-order valence-corrected chi connectivity index (χ1v) is 7.26. The summed E-state index contributed by atoms with van der Waals surface area (Å²) in [4.78, 5) is 45.4. The van der Waals surface area contributed by atoms with Crippen molar-refractivity contribution in [3.63, 3.8) is 0 Å². The fourth-order valence-electron chi connectivity index (χ4n) is 2.92. The molecule has 2 aliphatic rings. The molecule has 2 N–H and O–H groups in total. The number of benzene rings is 1. The second-order valence-electron chi connectivity index (χ2n) is 5.85. The molecule has 0 aromatic heterocycles. The Labute approximate surface area is 127 Å². The van der Waals surface area contributed by atoms with Crippen LogP contribution in [0.1, 0.15) is 24.0 Å². The van der Waals surface area contributed by atoms with E-state index in [1.807, 2.05) is 24.3 Å². The summed E-state index contributed by atoms with van der Waals surface area (Å²) in [5.41, 5.74) is 1.95. The van der Waals surface area contributed by atoms with Gasteiger partial charge < -0.3 is 0 Å². The number of rotatable bonds is 4. The first-order valence-electron chi connectivity index (χ1n) is 7.26. The van der Waals surface area contributed by atoms with Crippen LogP contribution in [0.25, 0.3) is 0 Å². The molecule has 2 heterocycles. The molecule has 0 bridgehead atoms. The Morgan fingerprint density at radius 2 is 1.09 bits per heavy atom. The minimum atomic E-state index is -0.295. The van der Waals surface area contributed by atoms with Crippen molar-refractivity contribution in [1.82, 2.24) is 10.6 Å². The van der Waals surface area contributed by atoms with Crippen LogP contribution < -0.4 is 10.6 Å². The molecule has 6 nitrogen and oxygen atoms in total. The second-order valence-corrected chi connectivity index (χ2v) is 5.85. The summed E-state index contributed by atoms with van der Waals surface area (Å²) >= 11 is 0. The molecule has 22 heavy (non-hydrogen) atoms. The monoisotopic (exact) mass is 300 g/mol. The van der Waals surface area contributed by atoms with E-state index in [-0.39, 0.29) is 48.3 Å². The van der Waals surface area contributed by atoms with Crippen LogP contribution in [0.4, 0.5) is 0 Å². The fraction of sp³-hybridized carbons (Fsp3) is 0.375. The molecule has 2 saturated heterocycles. The van der Waals surface area contributed by atoms with Gasteiger partial charge in [-0.1, -0.05) is 24.3 Å². The van der Waals surface area contributed by atoms with E-state index in [4.69, 9.17) is 0 Å². The Kier molecular flexibility index (Phi) is 3.75. The fourth-order valence-corrected chi connectivity index (χ4v) is 2.92. The summed E-state index contributed by atoms with van der Waals surface area (Å²) < 4.78 is 0. The Hall–Kier alpha value is -2.50. The third kappa shape index (κ3) is 3.05. The Morgan fingerprint density at radius 3 is 1.36 bits per heavy atom. The Balaban J connectivity index is 1.61. The number of amides is 4. The summed E-state index contributed by atoms with van der Waals surface area (Å²) in [6.07, 6.45) is 1.54. The number of carbonyl (C=O) groups is 4. The van der Waals surface area contributed by atoms with Gasteiger partial charge in [-0.2, -0.15) is 0 Å². The third-order valence-electron chi connectivity index (χ3n) is 4.12. The molecule has 2 atom stereocenters. The molecule has 3 rings (SSSR count). The first kappa shape index (κ1) is 14.4. The van der Waals surface area contributed by atoms with E-state index in [1.54, 1.807) is 0 Å². The van der Waals surface area contributed by atoms with Gasteiger partial charge in [-0.15, -0.1) is 0 Å². The van der Waals surface area contributed by atoms with E-state index >= 15 is 0 Å². The zero-order valence-electron chi connectivity index (χ0n) is 11.9. The molecule has 1 aromatic carbocycles. The zero-order valence-corrected chi connectivity index (χ0v) is 11.9. The van der Waals surface area contributed by atoms with Crippen molar-refractivity contribution in [2.75, 3.05) is 0 Å². The molecule has 0 radical (unpaired) electrons. The van der Waals surface area contributed by atoms with Crippen LogP contribution in [0, 0.1) is 11.8 Å². The molecule has 2 unspecified atom stereocenters. The highest BCUT2D eigenvalue weighted by Gasteiger charge is 2.31. The standard InChI is InChI=1S/C16H16N2O4/c19-13-7-11(15(21)17-13)5-9-1-2-10(4-3-9)6-12-8-14(20)18-16(12)22/h1-4,11-12H,5-8H2,(H,17,19,21)(H,18,20,22). The largest absolute Gasteiger partial charge is 0.296 e. The summed E-state index contributed by atoms with van der Waals surface area (Å²) in [6, 6.07) is 7.61. The van der Waals surface area contributed by atoms with Crippen molar-refractivity contribution in [3.05, 3.63) is 35.4 Å². The van der Waals surface area contributed by atoms with E-state index in [2.05, 4.69) is 10.6 Å². The molecule has 1 aromatic rings. The van der Waals surface area contributed by atoms with Gasteiger partial charge in [0.25, 0.3) is 0 Å². The van der Waals surface area contributed by atoms with Gasteiger partial charge in [-0.25, -0.2) is 0 Å². The lowest BCUT2D eigenvalue weighted by molar-refractivity contribution is -0.127. The van der Waals surface area contributed by atoms with Gasteiger partial charge in [-0.05, 0) is 24.0 Å². The summed E-state index contributed by atoms with van der Waals surface area (Å²) in [6.45, 7) is 0. The molecular weight excluding hydrogens is 284 g/mol. The topological polar surface area (TPSA) is 92.3 Å². The highest BCUT2D eigenvalue weighted by Crippen LogP contribution is 2.20. The van der Waals surface area contributed by atoms with E-state index in [9.17, 15) is 19.2 Å². The highest BCUT2D eigenvalue weighted by atomic mass is 16.2. The summed E-state index contributed by atoms with van der Waals surface area (Å²) in [5, 5.41) is 4.60. The molecule has 0 spiro atoms. The maximum absolute atomic E-state index is 11.5. The minimum Gasteiger partial charge on any atom is -0.296 e. The van der Waals surface area contributed by atoms with Gasteiger partial charge in [0.15, 0.2) is 0 Å². The predicted molar refractivity (Wildman–Crippen MR) is 76.4 cm³/mol. The van der Waals surface area contributed by atoms with E-state index in [1.165, 1.54) is 0 Å². The van der Waals surface area contributed by atoms with Gasteiger partial charge in [0.2, 0.25) is 23.6 Å². The van der Waals surface area contributed by atoms with Crippen molar-refractivity contribution >= 4 is 23.6 Å². The van der Waals surface area contributed by atoms with Crippen molar-refractivity contribution < 1.29 is 19.2 Å². The number of nitrogens with one attached hydrogen (secondary N) is 2. The normalized spacial score (nSPS) is 24.5. The van der Waals surface area contributed by atoms with Crippen molar-refractivity contribution in [3.8, 4) is 0 Å². The van der Waals surface area contributed by atoms with Gasteiger partial charge in [0.1, 0.15) is 0 Å². The summed E-state index contributed by atoms with van der Waals surface area (Å²) in [7, 11) is 0. The van der Waals surface area contributed by atoms with Crippen LogP contribution in [0.2, 0.25) is 0 Å². The molecule has 6 heteroatoms. The predicted octanol–water partition coefficient (Wildman–Crippen LogP) is 0.0970. The Morgan fingerprint density at radius 1 is 0.727 bits per heavy atom. The van der Waals surface area contributed by atoms with Crippen LogP contribution in [-0.4, -0.2) is 23.6 Å². The molecule has 0 aliphatic carbocycles. The van der Waals surface area contributed by atoms with Gasteiger partial charge >= 0.3 is 0 Å². The minimum absolute atomic E-state index is 0.213. The Bertz CT molecular complexity index is 594. The zero-order chi connectivity index (χ0) is 15.7. The van der Waals surface area contributed by atoms with Crippen molar-refractivity contribution in [1.29, 1.82) is 0 Å². The second kappa shape index (κ2) is 5.71. The summed E-state index contributed by atoms with van der Waals surface area (Å²) in [5.74, 6) is -1.45. The van der Waals surface area contributed by atoms with Gasteiger partial charge in [-0.3, -0.25) is 29.8 Å². The highest BCUT2D eigenvalue weighted by molar-refractivity contribution is 6.04.